The van der Waals surface area contributed by atoms with Crippen LogP contribution < -0.4 is 10.1 Å². The van der Waals surface area contributed by atoms with Crippen LogP contribution in [0.15, 0.2) is 72.3 Å². The summed E-state index contributed by atoms with van der Waals surface area (Å²) in [5.74, 6) is -0.448. The van der Waals surface area contributed by atoms with Crippen LogP contribution in [0, 0.1) is 11.3 Å². The molecule has 1 N–H and O–H groups in total. The number of nitrogens with one attached hydrogen (secondary N) is 1. The van der Waals surface area contributed by atoms with Crippen LogP contribution >= 0.6 is 0 Å². The average molecular weight is 398 g/mol. The van der Waals surface area contributed by atoms with Crippen LogP contribution in [-0.4, -0.2) is 18.4 Å². The summed E-state index contributed by atoms with van der Waals surface area (Å²) in [6, 6.07) is 21.7. The second-order valence-electron chi connectivity index (χ2n) is 6.76. The van der Waals surface area contributed by atoms with Crippen LogP contribution in [-0.2, 0) is 4.79 Å². The standard InChI is InChI=1S/C25H22N2O3/c1-2-3-15-27-24(28)20(17-26)16-18-11-13-21(14-12-18)30-25(29)23-10-6-8-19-7-4-5-9-22(19)23/h4-14,16H,2-3,15H2,1H3,(H,27,28)/b20-16+. The van der Waals surface area contributed by atoms with Crippen LogP contribution in [0.3, 0.4) is 0 Å². The topological polar surface area (TPSA) is 79.2 Å². The zero-order valence-electron chi connectivity index (χ0n) is 16.7. The van der Waals surface area contributed by atoms with Crippen LogP contribution in [0.5, 0.6) is 5.75 Å². The van der Waals surface area contributed by atoms with E-state index in [2.05, 4.69) is 5.32 Å². The van der Waals surface area contributed by atoms with Crippen LogP contribution in [0.2, 0.25) is 0 Å². The van der Waals surface area contributed by atoms with Crippen LogP contribution in [0.25, 0.3) is 16.8 Å². The second kappa shape index (κ2) is 10.0. The van der Waals surface area contributed by atoms with Crippen molar-refractivity contribution >= 4 is 28.7 Å². The molecule has 0 bridgehead atoms. The molecule has 0 saturated heterocycles. The number of amides is 1. The lowest BCUT2D eigenvalue weighted by Gasteiger charge is -2.08. The van der Waals surface area contributed by atoms with Crippen molar-refractivity contribution in [1.82, 2.24) is 5.32 Å². The average Bonchev–Trinajstić information content (AvgIpc) is 2.78. The summed E-state index contributed by atoms with van der Waals surface area (Å²) >= 11 is 0. The van der Waals surface area contributed by atoms with Gasteiger partial charge in [-0.2, -0.15) is 5.26 Å². The van der Waals surface area contributed by atoms with Gasteiger partial charge in [0, 0.05) is 6.54 Å². The molecule has 30 heavy (non-hydrogen) atoms. The largest absolute Gasteiger partial charge is 0.423 e. The molecule has 5 heteroatoms. The monoisotopic (exact) mass is 398 g/mol. The van der Waals surface area contributed by atoms with Crippen molar-refractivity contribution in [2.45, 2.75) is 19.8 Å². The van der Waals surface area contributed by atoms with Crippen molar-refractivity contribution in [2.75, 3.05) is 6.54 Å². The molecule has 0 spiro atoms. The Hall–Kier alpha value is -3.91. The number of nitriles is 1. The van der Waals surface area contributed by atoms with Crippen LogP contribution in [0.1, 0.15) is 35.7 Å². The Morgan fingerprint density at radius 2 is 1.77 bits per heavy atom. The van der Waals surface area contributed by atoms with Crippen LogP contribution in [0.4, 0.5) is 0 Å². The predicted molar refractivity (Wildman–Crippen MR) is 117 cm³/mol. The number of hydrogen-bond donors (Lipinski definition) is 1. The number of nitrogens with zero attached hydrogens (tertiary/aromatic N) is 1. The van der Waals surface area contributed by atoms with E-state index in [0.29, 0.717) is 23.4 Å². The molecule has 0 unspecified atom stereocenters. The Labute approximate surface area is 175 Å². The predicted octanol–water partition coefficient (Wildman–Crippen LogP) is 4.88. The number of carbonyl (C=O) groups excluding carboxylic acids is 2. The van der Waals surface area contributed by atoms with Gasteiger partial charge in [0.15, 0.2) is 0 Å². The Morgan fingerprint density at radius 1 is 1.03 bits per heavy atom. The molecule has 1 amide bonds. The maximum atomic E-state index is 12.6. The minimum atomic E-state index is -0.442. The highest BCUT2D eigenvalue weighted by Gasteiger charge is 2.12. The minimum Gasteiger partial charge on any atom is -0.423 e. The number of benzene rings is 3. The number of hydrogen-bond acceptors (Lipinski definition) is 4. The second-order valence-corrected chi connectivity index (χ2v) is 6.76. The maximum Gasteiger partial charge on any atom is 0.344 e. The van der Waals surface area contributed by atoms with E-state index >= 15 is 0 Å². The first-order valence-corrected chi connectivity index (χ1v) is 9.82. The summed E-state index contributed by atoms with van der Waals surface area (Å²) in [5.41, 5.74) is 1.20. The van der Waals surface area contributed by atoms with Gasteiger partial charge in [-0.05, 0) is 47.0 Å². The third-order valence-corrected chi connectivity index (χ3v) is 4.59. The van der Waals surface area contributed by atoms with Gasteiger partial charge in [-0.1, -0.05) is 61.9 Å². The lowest BCUT2D eigenvalue weighted by Crippen LogP contribution is -2.25. The van der Waals surface area contributed by atoms with Gasteiger partial charge < -0.3 is 10.1 Å². The highest BCUT2D eigenvalue weighted by atomic mass is 16.5. The molecule has 0 aliphatic carbocycles. The van der Waals surface area contributed by atoms with Gasteiger partial charge in [0.1, 0.15) is 17.4 Å². The third-order valence-electron chi connectivity index (χ3n) is 4.59. The molecule has 0 aliphatic heterocycles. The Bertz CT molecular complexity index is 1120. The summed E-state index contributed by atoms with van der Waals surface area (Å²) in [4.78, 5) is 24.7. The van der Waals surface area contributed by atoms with E-state index in [1.54, 1.807) is 30.3 Å². The van der Waals surface area contributed by atoms with Gasteiger partial charge in [-0.3, -0.25) is 4.79 Å². The van der Waals surface area contributed by atoms with Gasteiger partial charge in [-0.25, -0.2) is 4.79 Å². The Balaban J connectivity index is 1.71. The highest BCUT2D eigenvalue weighted by Crippen LogP contribution is 2.21. The molecule has 3 aromatic carbocycles. The summed E-state index contributed by atoms with van der Waals surface area (Å²) in [6.07, 6.45) is 3.34. The summed E-state index contributed by atoms with van der Waals surface area (Å²) in [5, 5.41) is 13.8. The smallest absolute Gasteiger partial charge is 0.344 e. The van der Waals surface area contributed by atoms with Crippen molar-refractivity contribution in [3.05, 3.63) is 83.4 Å². The van der Waals surface area contributed by atoms with Crippen molar-refractivity contribution in [3.63, 3.8) is 0 Å². The number of fused-ring (bicyclic) bond motifs is 1. The molecule has 3 rings (SSSR count). The number of ether oxygens (including phenoxy) is 1. The molecule has 0 fully saturated rings. The fraction of sp³-hybridized carbons (Fsp3) is 0.160. The molecular weight excluding hydrogens is 376 g/mol. The lowest BCUT2D eigenvalue weighted by atomic mass is 10.0. The van der Waals surface area contributed by atoms with Crippen molar-refractivity contribution in [1.29, 1.82) is 5.26 Å². The lowest BCUT2D eigenvalue weighted by molar-refractivity contribution is -0.117. The maximum absolute atomic E-state index is 12.6. The van der Waals surface area contributed by atoms with Gasteiger partial charge in [0.05, 0.1) is 5.56 Å². The summed E-state index contributed by atoms with van der Waals surface area (Å²) < 4.78 is 5.50. The Kier molecular flexibility index (Phi) is 6.96. The van der Waals surface area contributed by atoms with Crippen molar-refractivity contribution < 1.29 is 14.3 Å². The molecule has 0 atom stereocenters. The first-order chi connectivity index (χ1) is 14.6. The molecular formula is C25H22N2O3. The SMILES string of the molecule is CCCCNC(=O)/C(C#N)=C/c1ccc(OC(=O)c2cccc3ccccc23)cc1. The quantitative estimate of drug-likeness (QED) is 0.202. The van der Waals surface area contributed by atoms with E-state index in [1.165, 1.54) is 6.08 Å². The number of unbranched alkanes of at least 4 members (excludes halogenated alkanes) is 1. The molecule has 0 aromatic heterocycles. The fourth-order valence-electron chi connectivity index (χ4n) is 2.99. The van der Waals surface area contributed by atoms with Gasteiger partial charge >= 0.3 is 5.97 Å². The van der Waals surface area contributed by atoms with E-state index in [4.69, 9.17) is 4.74 Å². The molecule has 0 saturated carbocycles. The highest BCUT2D eigenvalue weighted by molar-refractivity contribution is 6.05. The minimum absolute atomic E-state index is 0.0339. The third kappa shape index (κ3) is 5.12. The summed E-state index contributed by atoms with van der Waals surface area (Å²) in [7, 11) is 0. The van der Waals surface area contributed by atoms with E-state index in [0.717, 1.165) is 23.6 Å². The Morgan fingerprint density at radius 3 is 2.50 bits per heavy atom. The fourth-order valence-corrected chi connectivity index (χ4v) is 2.99. The van der Waals surface area contributed by atoms with E-state index in [-0.39, 0.29) is 5.57 Å². The molecule has 3 aromatic rings. The molecule has 0 aliphatic rings. The van der Waals surface area contributed by atoms with Crippen molar-refractivity contribution in [3.8, 4) is 11.8 Å². The number of esters is 1. The van der Waals surface area contributed by atoms with Crippen molar-refractivity contribution in [2.24, 2.45) is 0 Å². The van der Waals surface area contributed by atoms with Gasteiger partial charge in [0.2, 0.25) is 0 Å². The first-order valence-electron chi connectivity index (χ1n) is 9.82. The first kappa shape index (κ1) is 20.8. The molecule has 0 radical (unpaired) electrons. The van der Waals surface area contributed by atoms with E-state index in [9.17, 15) is 14.9 Å². The van der Waals surface area contributed by atoms with Gasteiger partial charge in [-0.15, -0.1) is 0 Å². The normalized spacial score (nSPS) is 11.0. The zero-order valence-corrected chi connectivity index (χ0v) is 16.7. The van der Waals surface area contributed by atoms with Gasteiger partial charge in [0.25, 0.3) is 5.91 Å². The van der Waals surface area contributed by atoms with E-state index < -0.39 is 11.9 Å². The molecule has 0 heterocycles. The number of rotatable bonds is 7. The molecule has 150 valence electrons. The van der Waals surface area contributed by atoms with E-state index in [1.807, 2.05) is 49.4 Å². The summed E-state index contributed by atoms with van der Waals surface area (Å²) in [6.45, 7) is 2.57. The number of carbonyl (C=O) groups is 2. The zero-order chi connectivity index (χ0) is 21.3. The molecule has 5 nitrogen and oxygen atoms in total.